The molecular formula is C15H13BrN2OS. The lowest BCUT2D eigenvalue weighted by molar-refractivity contribution is 0.102. The van der Waals surface area contributed by atoms with Gasteiger partial charge in [0.1, 0.15) is 4.99 Å². The standard InChI is InChI=1S/C15H13BrN2OS/c1-9-3-2-4-11(7-9)15(19)18-13-6-5-10(14(17)20)8-12(13)16/h2-8H,1H3,(H2,17,20)(H,18,19). The molecule has 2 aromatic carbocycles. The summed E-state index contributed by atoms with van der Waals surface area (Å²) in [5.41, 5.74) is 8.66. The Morgan fingerprint density at radius 3 is 2.55 bits per heavy atom. The second-order valence-electron chi connectivity index (χ2n) is 4.38. The Kier molecular flexibility index (Phi) is 4.52. The molecule has 2 rings (SSSR count). The predicted molar refractivity (Wildman–Crippen MR) is 89.2 cm³/mol. The summed E-state index contributed by atoms with van der Waals surface area (Å²) in [6, 6.07) is 12.8. The minimum absolute atomic E-state index is 0.155. The van der Waals surface area contributed by atoms with E-state index >= 15 is 0 Å². The number of thiocarbonyl (C=S) groups is 1. The molecule has 0 aliphatic rings. The van der Waals surface area contributed by atoms with E-state index in [1.54, 1.807) is 24.3 Å². The lowest BCUT2D eigenvalue weighted by Crippen LogP contribution is -2.13. The Labute approximate surface area is 131 Å². The van der Waals surface area contributed by atoms with Crippen molar-refractivity contribution in [1.29, 1.82) is 0 Å². The molecule has 0 fully saturated rings. The lowest BCUT2D eigenvalue weighted by Gasteiger charge is -2.09. The van der Waals surface area contributed by atoms with E-state index in [0.29, 0.717) is 16.2 Å². The van der Waals surface area contributed by atoms with Crippen LogP contribution in [0.3, 0.4) is 0 Å². The fraction of sp³-hybridized carbons (Fsp3) is 0.0667. The molecule has 3 N–H and O–H groups in total. The van der Waals surface area contributed by atoms with E-state index in [0.717, 1.165) is 15.6 Å². The summed E-state index contributed by atoms with van der Waals surface area (Å²) < 4.78 is 0.740. The lowest BCUT2D eigenvalue weighted by atomic mass is 10.1. The van der Waals surface area contributed by atoms with Crippen LogP contribution >= 0.6 is 28.1 Å². The van der Waals surface area contributed by atoms with Crippen molar-refractivity contribution in [2.75, 3.05) is 5.32 Å². The van der Waals surface area contributed by atoms with Gasteiger partial charge in [-0.05, 0) is 53.2 Å². The fourth-order valence-corrected chi connectivity index (χ4v) is 2.36. The molecule has 0 unspecified atom stereocenters. The number of halogens is 1. The van der Waals surface area contributed by atoms with Crippen molar-refractivity contribution in [1.82, 2.24) is 0 Å². The second kappa shape index (κ2) is 6.15. The molecule has 5 heteroatoms. The van der Waals surface area contributed by atoms with Gasteiger partial charge < -0.3 is 11.1 Å². The van der Waals surface area contributed by atoms with E-state index in [2.05, 4.69) is 21.2 Å². The summed E-state index contributed by atoms with van der Waals surface area (Å²) in [4.78, 5) is 12.5. The monoisotopic (exact) mass is 348 g/mol. The molecule has 0 aliphatic heterocycles. The second-order valence-corrected chi connectivity index (χ2v) is 5.68. The molecule has 102 valence electrons. The Hall–Kier alpha value is -1.72. The number of carbonyl (C=O) groups excluding carboxylic acids is 1. The summed E-state index contributed by atoms with van der Waals surface area (Å²) in [6.45, 7) is 1.95. The highest BCUT2D eigenvalue weighted by Gasteiger charge is 2.09. The SMILES string of the molecule is Cc1cccc(C(=O)Nc2ccc(C(N)=S)cc2Br)c1. The van der Waals surface area contributed by atoms with Crippen LogP contribution in [0.25, 0.3) is 0 Å². The number of aryl methyl sites for hydroxylation is 1. The molecule has 0 bridgehead atoms. The van der Waals surface area contributed by atoms with Crippen molar-refractivity contribution in [3.63, 3.8) is 0 Å². The van der Waals surface area contributed by atoms with Gasteiger partial charge in [0.2, 0.25) is 0 Å². The molecule has 0 aromatic heterocycles. The predicted octanol–water partition coefficient (Wildman–Crippen LogP) is 3.64. The van der Waals surface area contributed by atoms with Crippen LogP contribution in [-0.2, 0) is 0 Å². The van der Waals surface area contributed by atoms with Crippen molar-refractivity contribution in [2.45, 2.75) is 6.92 Å². The van der Waals surface area contributed by atoms with Crippen LogP contribution in [0.4, 0.5) is 5.69 Å². The van der Waals surface area contributed by atoms with Gasteiger partial charge in [0, 0.05) is 15.6 Å². The van der Waals surface area contributed by atoms with Gasteiger partial charge in [-0.25, -0.2) is 0 Å². The molecule has 20 heavy (non-hydrogen) atoms. The number of benzene rings is 2. The van der Waals surface area contributed by atoms with Gasteiger partial charge in [0.15, 0.2) is 0 Å². The summed E-state index contributed by atoms with van der Waals surface area (Å²) in [6.07, 6.45) is 0. The van der Waals surface area contributed by atoms with Crippen LogP contribution in [-0.4, -0.2) is 10.9 Å². The summed E-state index contributed by atoms with van der Waals surface area (Å²) in [7, 11) is 0. The molecule has 3 nitrogen and oxygen atoms in total. The van der Waals surface area contributed by atoms with Crippen LogP contribution in [0, 0.1) is 6.92 Å². The third-order valence-corrected chi connectivity index (χ3v) is 3.67. The van der Waals surface area contributed by atoms with Gasteiger partial charge in [-0.3, -0.25) is 4.79 Å². The number of anilines is 1. The molecule has 0 saturated heterocycles. The van der Waals surface area contributed by atoms with Crippen LogP contribution in [0.2, 0.25) is 0 Å². The first kappa shape index (κ1) is 14.7. The number of nitrogens with two attached hydrogens (primary N) is 1. The normalized spacial score (nSPS) is 10.1. The molecular weight excluding hydrogens is 336 g/mol. The Bertz CT molecular complexity index is 685. The maximum atomic E-state index is 12.2. The molecule has 0 aliphatic carbocycles. The summed E-state index contributed by atoms with van der Waals surface area (Å²) >= 11 is 8.31. The number of nitrogens with one attached hydrogen (secondary N) is 1. The molecule has 2 aromatic rings. The van der Waals surface area contributed by atoms with E-state index in [1.807, 2.05) is 25.1 Å². The van der Waals surface area contributed by atoms with Crippen LogP contribution in [0.1, 0.15) is 21.5 Å². The fourth-order valence-electron chi connectivity index (χ4n) is 1.75. The number of carbonyl (C=O) groups is 1. The first-order valence-corrected chi connectivity index (χ1v) is 7.15. The van der Waals surface area contributed by atoms with Gasteiger partial charge in [-0.2, -0.15) is 0 Å². The summed E-state index contributed by atoms with van der Waals surface area (Å²) in [5, 5.41) is 2.85. The zero-order valence-corrected chi connectivity index (χ0v) is 13.2. The van der Waals surface area contributed by atoms with Crippen molar-refractivity contribution in [2.24, 2.45) is 5.73 Å². The first-order chi connectivity index (χ1) is 9.47. The zero-order valence-electron chi connectivity index (χ0n) is 10.8. The largest absolute Gasteiger partial charge is 0.389 e. The summed E-state index contributed by atoms with van der Waals surface area (Å²) in [5.74, 6) is -0.155. The van der Waals surface area contributed by atoms with Crippen molar-refractivity contribution in [3.8, 4) is 0 Å². The van der Waals surface area contributed by atoms with Crippen molar-refractivity contribution in [3.05, 3.63) is 63.6 Å². The Morgan fingerprint density at radius 1 is 1.20 bits per heavy atom. The number of amides is 1. The van der Waals surface area contributed by atoms with Gasteiger partial charge in [-0.1, -0.05) is 29.9 Å². The third kappa shape index (κ3) is 3.43. The van der Waals surface area contributed by atoms with E-state index in [1.165, 1.54) is 0 Å². The topological polar surface area (TPSA) is 55.1 Å². The third-order valence-electron chi connectivity index (χ3n) is 2.78. The average molecular weight is 349 g/mol. The Morgan fingerprint density at radius 2 is 1.95 bits per heavy atom. The maximum Gasteiger partial charge on any atom is 0.255 e. The van der Waals surface area contributed by atoms with E-state index in [9.17, 15) is 4.79 Å². The molecule has 0 saturated carbocycles. The van der Waals surface area contributed by atoms with Gasteiger partial charge in [0.05, 0.1) is 5.69 Å². The smallest absolute Gasteiger partial charge is 0.255 e. The van der Waals surface area contributed by atoms with Gasteiger partial charge in [0.25, 0.3) is 5.91 Å². The highest BCUT2D eigenvalue weighted by atomic mass is 79.9. The number of hydrogen-bond acceptors (Lipinski definition) is 2. The van der Waals surface area contributed by atoms with E-state index in [-0.39, 0.29) is 5.91 Å². The average Bonchev–Trinajstić information content (AvgIpc) is 2.40. The number of rotatable bonds is 3. The van der Waals surface area contributed by atoms with Crippen LogP contribution < -0.4 is 11.1 Å². The Balaban J connectivity index is 2.22. The maximum absolute atomic E-state index is 12.2. The minimum Gasteiger partial charge on any atom is -0.389 e. The first-order valence-electron chi connectivity index (χ1n) is 5.95. The molecule has 1 amide bonds. The van der Waals surface area contributed by atoms with Gasteiger partial charge >= 0.3 is 0 Å². The van der Waals surface area contributed by atoms with Gasteiger partial charge in [-0.15, -0.1) is 0 Å². The zero-order chi connectivity index (χ0) is 14.7. The van der Waals surface area contributed by atoms with Crippen LogP contribution in [0.15, 0.2) is 46.9 Å². The van der Waals surface area contributed by atoms with E-state index in [4.69, 9.17) is 18.0 Å². The molecule has 0 radical (unpaired) electrons. The van der Waals surface area contributed by atoms with Crippen LogP contribution in [0.5, 0.6) is 0 Å². The molecule has 0 heterocycles. The number of hydrogen-bond donors (Lipinski definition) is 2. The molecule has 0 atom stereocenters. The quantitative estimate of drug-likeness (QED) is 0.832. The van der Waals surface area contributed by atoms with E-state index < -0.39 is 0 Å². The van der Waals surface area contributed by atoms with Crippen molar-refractivity contribution < 1.29 is 4.79 Å². The highest BCUT2D eigenvalue weighted by Crippen LogP contribution is 2.24. The molecule has 0 spiro atoms. The highest BCUT2D eigenvalue weighted by molar-refractivity contribution is 9.10. The minimum atomic E-state index is -0.155. The van der Waals surface area contributed by atoms with Crippen molar-refractivity contribution >= 4 is 44.7 Å².